The quantitative estimate of drug-likeness (QED) is 0.0453. The number of thioether (sulfide) groups is 1. The molecule has 58 heavy (non-hydrogen) atoms. The van der Waals surface area contributed by atoms with Crippen LogP contribution in [-0.2, 0) is 116 Å². The topological polar surface area (TPSA) is 499 Å². The van der Waals surface area contributed by atoms with Gasteiger partial charge < -0.3 is 19.9 Å². The number of nitrogen functional groups attached to an aromatic ring is 1. The van der Waals surface area contributed by atoms with Gasteiger partial charge in [-0.25, -0.2) is 29.3 Å². The predicted molar refractivity (Wildman–Crippen MR) is 176 cm³/mol. The van der Waals surface area contributed by atoms with Crippen LogP contribution in [0.5, 0.6) is 0 Å². The van der Waals surface area contributed by atoms with E-state index in [1.165, 1.54) is 24.3 Å². The standard InChI is InChI=1S/C18H27NO31S8/c19-7-1-3-8(4-2-7)51-18-16(50-58(38,39)40)13(47-55(29,30)31)11(9(44-18)5-41-52(20,21)22)45-17-15(49-57(35,36)37)14(48-56(32,33)34)12(46-54(26,27)28)10(43-17)6-42-53(23,24)25/h1-4,9-18H,5-6,19H2,(H,20,21,22)(H,23,24,25)(H,26,27,28)(H,29,30,31)(H,32,33,34)(H,35,36,37)(H,38,39,40)/t9-,10-,11-,12-,13+,14+,15-,16-,17+,18+/m1/s1. The summed E-state index contributed by atoms with van der Waals surface area (Å²) in [4.78, 5) is 0.0107. The molecule has 9 N–H and O–H groups in total. The zero-order chi connectivity index (χ0) is 44.4. The van der Waals surface area contributed by atoms with Crippen molar-refractivity contribution in [2.24, 2.45) is 0 Å². The molecule has 10 atom stereocenters. The Balaban J connectivity index is 2.35. The molecular formula is C18H27NO31S8. The molecular weight excluding hydrogens is 983 g/mol. The van der Waals surface area contributed by atoms with Gasteiger partial charge in [-0.2, -0.15) is 58.9 Å². The normalized spacial score (nSPS) is 29.6. The Hall–Kier alpha value is -1.66. The highest BCUT2D eigenvalue weighted by Crippen LogP contribution is 2.41. The van der Waals surface area contributed by atoms with E-state index < -0.39 is 147 Å². The van der Waals surface area contributed by atoms with Crippen LogP contribution in [0.3, 0.4) is 0 Å². The van der Waals surface area contributed by atoms with Gasteiger partial charge in [-0.1, -0.05) is 11.8 Å². The number of benzene rings is 1. The molecule has 0 amide bonds. The van der Waals surface area contributed by atoms with Crippen LogP contribution >= 0.6 is 11.8 Å². The van der Waals surface area contributed by atoms with Crippen molar-refractivity contribution in [1.29, 1.82) is 0 Å². The molecule has 0 saturated carbocycles. The third kappa shape index (κ3) is 17.7. The maximum atomic E-state index is 12.1. The maximum Gasteiger partial charge on any atom is 0.397 e. The van der Waals surface area contributed by atoms with E-state index in [0.717, 1.165) is 0 Å². The maximum absolute atomic E-state index is 12.1. The summed E-state index contributed by atoms with van der Waals surface area (Å²) in [5.74, 6) is 0. The molecule has 0 spiro atoms. The number of hydrogen-bond donors (Lipinski definition) is 8. The molecule has 2 saturated heterocycles. The SMILES string of the molecule is Nc1ccc(S[C@@H]2O[C@H](COS(=O)(=O)O)[C@@H](O[C@@H]3O[C@H](COS(=O)(=O)O)[C@@H](OS(=O)(=O)O)[C@H](OS(=O)(=O)O)[C@H]3OS(=O)(=O)O)[C@H](OS(=O)(=O)O)[C@H]2OS(=O)(=O)O)cc1. The summed E-state index contributed by atoms with van der Waals surface area (Å²) in [6.45, 7) is -3.48. The van der Waals surface area contributed by atoms with E-state index in [-0.39, 0.29) is 10.6 Å². The second-order valence-corrected chi connectivity index (χ2v) is 19.3. The average molecular weight is 1010 g/mol. The first-order chi connectivity index (χ1) is 26.0. The summed E-state index contributed by atoms with van der Waals surface area (Å²) in [5, 5.41) is 0. The van der Waals surface area contributed by atoms with Gasteiger partial charge in [0.2, 0.25) is 0 Å². The van der Waals surface area contributed by atoms with Crippen molar-refractivity contribution in [2.75, 3.05) is 18.9 Å². The molecule has 32 nitrogen and oxygen atoms in total. The molecule has 40 heteroatoms. The Morgan fingerprint density at radius 3 is 1.26 bits per heavy atom. The predicted octanol–water partition coefficient (Wildman–Crippen LogP) is -4.23. The van der Waals surface area contributed by atoms with Gasteiger partial charge in [-0.15, -0.1) is 0 Å². The first kappa shape index (κ1) is 50.7. The Bertz CT molecular complexity index is 2390. The minimum atomic E-state index is -6.11. The monoisotopic (exact) mass is 1010 g/mol. The van der Waals surface area contributed by atoms with Crippen molar-refractivity contribution in [3.05, 3.63) is 24.3 Å². The van der Waals surface area contributed by atoms with Gasteiger partial charge >= 0.3 is 72.8 Å². The number of nitrogens with two attached hydrogens (primary N) is 1. The zero-order valence-electron chi connectivity index (χ0n) is 27.3. The van der Waals surface area contributed by atoms with Crippen LogP contribution in [0, 0.1) is 0 Å². The summed E-state index contributed by atoms with van der Waals surface area (Å²) in [6.07, 6.45) is -26.5. The van der Waals surface area contributed by atoms with E-state index in [4.69, 9.17) is 24.5 Å². The largest absolute Gasteiger partial charge is 0.399 e. The summed E-state index contributed by atoms with van der Waals surface area (Å²) in [7, 11) is -41.3. The molecule has 2 fully saturated rings. The van der Waals surface area contributed by atoms with Crippen molar-refractivity contribution < 1.29 is 134 Å². The van der Waals surface area contributed by atoms with Crippen LogP contribution in [0.15, 0.2) is 29.2 Å². The molecule has 3 rings (SSSR count). The minimum absolute atomic E-state index is 0.0107. The fourth-order valence-corrected chi connectivity index (χ4v) is 9.05. The third-order valence-electron chi connectivity index (χ3n) is 6.53. The van der Waals surface area contributed by atoms with E-state index in [9.17, 15) is 86.2 Å². The van der Waals surface area contributed by atoms with Crippen LogP contribution in [0.2, 0.25) is 0 Å². The van der Waals surface area contributed by atoms with Gasteiger partial charge in [-0.3, -0.25) is 31.9 Å². The Morgan fingerprint density at radius 2 is 0.845 bits per heavy atom. The second-order valence-electron chi connectivity index (χ2n) is 10.7. The van der Waals surface area contributed by atoms with Crippen molar-refractivity contribution in [2.45, 2.75) is 65.5 Å². The summed E-state index contributed by atoms with van der Waals surface area (Å²) < 4.78 is 277. The molecule has 0 unspecified atom stereocenters. The van der Waals surface area contributed by atoms with Gasteiger partial charge in [-0.05, 0) is 24.3 Å². The first-order valence-electron chi connectivity index (χ1n) is 14.0. The lowest BCUT2D eigenvalue weighted by Crippen LogP contribution is -2.66. The van der Waals surface area contributed by atoms with Gasteiger partial charge in [0.05, 0.1) is 13.2 Å². The third-order valence-corrected chi connectivity index (χ3v) is 10.9. The molecule has 338 valence electrons. The molecule has 0 radical (unpaired) electrons. The fraction of sp³-hybridized carbons (Fsp3) is 0.667. The fourth-order valence-electron chi connectivity index (χ4n) is 4.78. The highest BCUT2D eigenvalue weighted by atomic mass is 32.3. The van der Waals surface area contributed by atoms with E-state index in [0.29, 0.717) is 11.8 Å². The number of hydrogen-bond acceptors (Lipinski definition) is 26. The van der Waals surface area contributed by atoms with Gasteiger partial charge in [0.25, 0.3) is 0 Å². The zero-order valence-corrected chi connectivity index (χ0v) is 33.8. The number of rotatable bonds is 20. The smallest absolute Gasteiger partial charge is 0.397 e. The number of ether oxygens (including phenoxy) is 3. The van der Waals surface area contributed by atoms with Gasteiger partial charge in [0, 0.05) is 10.6 Å². The molecule has 0 aliphatic carbocycles. The molecule has 0 aromatic heterocycles. The highest BCUT2D eigenvalue weighted by molar-refractivity contribution is 7.99. The van der Waals surface area contributed by atoms with E-state index in [1.54, 1.807) is 0 Å². The van der Waals surface area contributed by atoms with E-state index >= 15 is 0 Å². The molecule has 2 aliphatic heterocycles. The van der Waals surface area contributed by atoms with Crippen molar-refractivity contribution in [1.82, 2.24) is 0 Å². The Labute approximate surface area is 331 Å². The Morgan fingerprint density at radius 1 is 0.483 bits per heavy atom. The van der Waals surface area contributed by atoms with Crippen LogP contribution in [0.25, 0.3) is 0 Å². The lowest BCUT2D eigenvalue weighted by molar-refractivity contribution is -0.325. The lowest BCUT2D eigenvalue weighted by Gasteiger charge is -2.48. The Kier molecular flexibility index (Phi) is 16.4. The van der Waals surface area contributed by atoms with Crippen LogP contribution in [0.1, 0.15) is 0 Å². The molecule has 1 aromatic rings. The molecule has 2 aliphatic rings. The molecule has 2 heterocycles. The summed E-state index contributed by atoms with van der Waals surface area (Å²) in [6, 6.07) is 4.90. The highest BCUT2D eigenvalue weighted by Gasteiger charge is 2.58. The summed E-state index contributed by atoms with van der Waals surface area (Å²) in [5.41, 5.74) is 3.61. The number of anilines is 1. The second kappa shape index (κ2) is 18.8. The van der Waals surface area contributed by atoms with Crippen molar-refractivity contribution in [3.8, 4) is 0 Å². The first-order valence-corrected chi connectivity index (χ1v) is 24.4. The summed E-state index contributed by atoms with van der Waals surface area (Å²) >= 11 is 0.332. The average Bonchev–Trinajstić information content (AvgIpc) is 2.98. The van der Waals surface area contributed by atoms with Crippen LogP contribution in [0.4, 0.5) is 5.69 Å². The van der Waals surface area contributed by atoms with Crippen molar-refractivity contribution >= 4 is 90.2 Å². The van der Waals surface area contributed by atoms with Crippen LogP contribution in [-0.4, -0.2) is 165 Å². The lowest BCUT2D eigenvalue weighted by atomic mass is 9.97. The van der Waals surface area contributed by atoms with E-state index in [2.05, 4.69) is 29.3 Å². The van der Waals surface area contributed by atoms with E-state index in [1.807, 2.05) is 0 Å². The molecule has 1 aromatic carbocycles. The molecule has 0 bridgehead atoms. The van der Waals surface area contributed by atoms with Gasteiger partial charge in [0.1, 0.15) is 48.2 Å². The van der Waals surface area contributed by atoms with Gasteiger partial charge in [0.15, 0.2) is 12.4 Å². The van der Waals surface area contributed by atoms with Crippen molar-refractivity contribution in [3.63, 3.8) is 0 Å². The minimum Gasteiger partial charge on any atom is -0.399 e. The van der Waals surface area contributed by atoms with Crippen LogP contribution < -0.4 is 5.73 Å².